The van der Waals surface area contributed by atoms with Crippen molar-refractivity contribution in [3.63, 3.8) is 0 Å². The van der Waals surface area contributed by atoms with Crippen LogP contribution < -0.4 is 5.32 Å². The summed E-state index contributed by atoms with van der Waals surface area (Å²) in [7, 11) is 1.98. The molecule has 0 spiro atoms. The first-order valence-corrected chi connectivity index (χ1v) is 6.58. The molecule has 0 aromatic heterocycles. The number of rotatable bonds is 4. The molecule has 0 amide bonds. The lowest BCUT2D eigenvalue weighted by Gasteiger charge is -2.44. The Kier molecular flexibility index (Phi) is 4.54. The summed E-state index contributed by atoms with van der Waals surface area (Å²) in [4.78, 5) is 12.4. The lowest BCUT2D eigenvalue weighted by Crippen LogP contribution is -2.45. The van der Waals surface area contributed by atoms with E-state index in [9.17, 15) is 4.79 Å². The maximum Gasteiger partial charge on any atom is 0.139 e. The predicted octanol–water partition coefficient (Wildman–Crippen LogP) is 2.87. The number of hydrogen-bond acceptors (Lipinski definition) is 2. The maximum atomic E-state index is 12.4. The van der Waals surface area contributed by atoms with Crippen LogP contribution in [0.1, 0.15) is 47.0 Å². The molecule has 2 unspecified atom stereocenters. The monoisotopic (exact) mass is 225 g/mol. The standard InChI is InChI=1S/C14H27NO/c1-10(2)13(16)12-11(9-15-5)7-6-8-14(12,3)4/h10-12,15H,6-9H2,1-5H3. The first-order valence-electron chi connectivity index (χ1n) is 6.58. The molecule has 2 nitrogen and oxygen atoms in total. The number of nitrogens with one attached hydrogen (secondary N) is 1. The highest BCUT2D eigenvalue weighted by Crippen LogP contribution is 2.45. The molecule has 0 radical (unpaired) electrons. The summed E-state index contributed by atoms with van der Waals surface area (Å²) < 4.78 is 0. The van der Waals surface area contributed by atoms with E-state index in [1.165, 1.54) is 19.3 Å². The predicted molar refractivity (Wildman–Crippen MR) is 68.4 cm³/mol. The normalized spacial score (nSPS) is 29.4. The van der Waals surface area contributed by atoms with Crippen LogP contribution >= 0.6 is 0 Å². The molecule has 1 aliphatic carbocycles. The zero-order valence-electron chi connectivity index (χ0n) is 11.5. The summed E-state index contributed by atoms with van der Waals surface area (Å²) in [5, 5.41) is 3.25. The van der Waals surface area contributed by atoms with Gasteiger partial charge in [-0.25, -0.2) is 0 Å². The van der Waals surface area contributed by atoms with Crippen molar-refractivity contribution in [3.05, 3.63) is 0 Å². The molecule has 2 heteroatoms. The van der Waals surface area contributed by atoms with E-state index in [4.69, 9.17) is 0 Å². The molecule has 2 atom stereocenters. The molecule has 0 saturated heterocycles. The van der Waals surface area contributed by atoms with E-state index in [1.807, 2.05) is 20.9 Å². The van der Waals surface area contributed by atoms with Gasteiger partial charge >= 0.3 is 0 Å². The molecule has 1 aliphatic rings. The Balaban J connectivity index is 2.88. The van der Waals surface area contributed by atoms with Crippen LogP contribution in [-0.2, 0) is 4.79 Å². The zero-order valence-corrected chi connectivity index (χ0v) is 11.5. The van der Waals surface area contributed by atoms with Gasteiger partial charge in [0, 0.05) is 11.8 Å². The van der Waals surface area contributed by atoms with E-state index in [-0.39, 0.29) is 17.3 Å². The largest absolute Gasteiger partial charge is 0.319 e. The summed E-state index contributed by atoms with van der Waals surface area (Å²) in [6.07, 6.45) is 3.66. The van der Waals surface area contributed by atoms with Crippen LogP contribution in [0.2, 0.25) is 0 Å². The average molecular weight is 225 g/mol. The lowest BCUT2D eigenvalue weighted by atomic mass is 9.61. The van der Waals surface area contributed by atoms with Crippen LogP contribution in [0.5, 0.6) is 0 Å². The molecule has 0 aliphatic heterocycles. The average Bonchev–Trinajstić information content (AvgIpc) is 2.16. The van der Waals surface area contributed by atoms with Crippen molar-refractivity contribution in [1.29, 1.82) is 0 Å². The molecule has 94 valence electrons. The van der Waals surface area contributed by atoms with Crippen LogP contribution in [-0.4, -0.2) is 19.4 Å². The minimum absolute atomic E-state index is 0.168. The van der Waals surface area contributed by atoms with E-state index in [0.29, 0.717) is 11.7 Å². The van der Waals surface area contributed by atoms with Crippen LogP contribution in [0.25, 0.3) is 0 Å². The Morgan fingerprint density at radius 1 is 1.44 bits per heavy atom. The maximum absolute atomic E-state index is 12.4. The number of Topliss-reactive ketones (excluding diaryl/α,β-unsaturated/α-hetero) is 1. The van der Waals surface area contributed by atoms with Gasteiger partial charge in [0.2, 0.25) is 0 Å². The summed E-state index contributed by atoms with van der Waals surface area (Å²) in [6.45, 7) is 9.57. The van der Waals surface area contributed by atoms with Gasteiger partial charge in [0.05, 0.1) is 0 Å². The van der Waals surface area contributed by atoms with Crippen LogP contribution in [0.15, 0.2) is 0 Å². The Morgan fingerprint density at radius 2 is 2.06 bits per heavy atom. The second-order valence-corrected chi connectivity index (χ2v) is 6.23. The second-order valence-electron chi connectivity index (χ2n) is 6.23. The molecule has 1 fully saturated rings. The van der Waals surface area contributed by atoms with Crippen LogP contribution in [0, 0.1) is 23.2 Å². The minimum atomic E-state index is 0.168. The van der Waals surface area contributed by atoms with E-state index in [0.717, 1.165) is 6.54 Å². The zero-order chi connectivity index (χ0) is 12.3. The number of ketones is 1. The topological polar surface area (TPSA) is 29.1 Å². The van der Waals surface area contributed by atoms with Crippen LogP contribution in [0.3, 0.4) is 0 Å². The van der Waals surface area contributed by atoms with Crippen molar-refractivity contribution in [2.45, 2.75) is 47.0 Å². The fourth-order valence-electron chi connectivity index (χ4n) is 3.24. The van der Waals surface area contributed by atoms with Crippen molar-refractivity contribution in [1.82, 2.24) is 5.32 Å². The van der Waals surface area contributed by atoms with Gasteiger partial charge in [-0.15, -0.1) is 0 Å². The third-order valence-corrected chi connectivity index (χ3v) is 4.05. The van der Waals surface area contributed by atoms with Gasteiger partial charge in [0.25, 0.3) is 0 Å². The fourth-order valence-corrected chi connectivity index (χ4v) is 3.24. The molecule has 1 rings (SSSR count). The molecule has 1 saturated carbocycles. The van der Waals surface area contributed by atoms with Crippen molar-refractivity contribution in [3.8, 4) is 0 Å². The number of hydrogen-bond donors (Lipinski definition) is 1. The second kappa shape index (κ2) is 5.31. The van der Waals surface area contributed by atoms with E-state index in [1.54, 1.807) is 0 Å². The highest BCUT2D eigenvalue weighted by molar-refractivity contribution is 5.84. The van der Waals surface area contributed by atoms with Crippen molar-refractivity contribution >= 4 is 5.78 Å². The molecule has 0 aromatic carbocycles. The van der Waals surface area contributed by atoms with E-state index >= 15 is 0 Å². The number of carbonyl (C=O) groups excluding carboxylic acids is 1. The highest BCUT2D eigenvalue weighted by atomic mass is 16.1. The Hall–Kier alpha value is -0.370. The fraction of sp³-hybridized carbons (Fsp3) is 0.929. The SMILES string of the molecule is CNCC1CCCC(C)(C)C1C(=O)C(C)C. The number of carbonyl (C=O) groups is 1. The molecule has 0 aromatic rings. The molecule has 0 heterocycles. The van der Waals surface area contributed by atoms with Crippen molar-refractivity contribution in [2.75, 3.05) is 13.6 Å². The summed E-state index contributed by atoms with van der Waals surface area (Å²) in [6, 6.07) is 0. The molecule has 1 N–H and O–H groups in total. The van der Waals surface area contributed by atoms with Gasteiger partial charge in [0.1, 0.15) is 5.78 Å². The van der Waals surface area contributed by atoms with E-state index < -0.39 is 0 Å². The highest BCUT2D eigenvalue weighted by Gasteiger charge is 2.43. The summed E-state index contributed by atoms with van der Waals surface area (Å²) >= 11 is 0. The smallest absolute Gasteiger partial charge is 0.139 e. The molecule has 0 bridgehead atoms. The van der Waals surface area contributed by atoms with Gasteiger partial charge in [-0.05, 0) is 37.8 Å². The minimum Gasteiger partial charge on any atom is -0.319 e. The summed E-state index contributed by atoms with van der Waals surface area (Å²) in [5.41, 5.74) is 0.182. The van der Waals surface area contributed by atoms with Crippen molar-refractivity contribution < 1.29 is 4.79 Å². The third-order valence-electron chi connectivity index (χ3n) is 4.05. The Morgan fingerprint density at radius 3 is 2.56 bits per heavy atom. The lowest BCUT2D eigenvalue weighted by molar-refractivity contribution is -0.134. The van der Waals surface area contributed by atoms with Gasteiger partial charge in [0.15, 0.2) is 0 Å². The van der Waals surface area contributed by atoms with Gasteiger partial charge in [-0.1, -0.05) is 34.1 Å². The van der Waals surface area contributed by atoms with Crippen molar-refractivity contribution in [2.24, 2.45) is 23.2 Å². The van der Waals surface area contributed by atoms with Gasteiger partial charge in [-0.2, -0.15) is 0 Å². The van der Waals surface area contributed by atoms with Crippen LogP contribution in [0.4, 0.5) is 0 Å². The molecule has 16 heavy (non-hydrogen) atoms. The third kappa shape index (κ3) is 2.85. The summed E-state index contributed by atoms with van der Waals surface area (Å²) in [5.74, 6) is 1.41. The Bertz CT molecular complexity index is 243. The first kappa shape index (κ1) is 13.7. The Labute approximate surface area is 100 Å². The quantitative estimate of drug-likeness (QED) is 0.797. The van der Waals surface area contributed by atoms with Gasteiger partial charge in [-0.3, -0.25) is 4.79 Å². The van der Waals surface area contributed by atoms with E-state index in [2.05, 4.69) is 19.2 Å². The molecular formula is C14H27NO. The van der Waals surface area contributed by atoms with Gasteiger partial charge < -0.3 is 5.32 Å². The first-order chi connectivity index (χ1) is 7.40. The molecular weight excluding hydrogens is 198 g/mol.